The van der Waals surface area contributed by atoms with Crippen molar-refractivity contribution in [2.24, 2.45) is 0 Å². The number of nitrogens with one attached hydrogen (secondary N) is 1. The molecular formula is C19H19Cl2N3O3S. The van der Waals surface area contributed by atoms with Crippen LogP contribution in [0.4, 0.5) is 0 Å². The van der Waals surface area contributed by atoms with Crippen molar-refractivity contribution in [3.8, 4) is 17.0 Å². The van der Waals surface area contributed by atoms with Gasteiger partial charge in [-0.3, -0.25) is 4.40 Å². The Labute approximate surface area is 177 Å². The molecule has 5 rings (SSSR count). The van der Waals surface area contributed by atoms with Crippen molar-refractivity contribution in [3.05, 3.63) is 52.0 Å². The van der Waals surface area contributed by atoms with Gasteiger partial charge >= 0.3 is 5.63 Å². The summed E-state index contributed by atoms with van der Waals surface area (Å²) in [6, 6.07) is 7.46. The average molecular weight is 440 g/mol. The Bertz CT molecular complexity index is 1150. The minimum atomic E-state index is -0.389. The molecule has 4 aromatic rings. The van der Waals surface area contributed by atoms with Gasteiger partial charge in [-0.1, -0.05) is 0 Å². The van der Waals surface area contributed by atoms with Crippen LogP contribution in [0.1, 0.15) is 11.3 Å². The molecule has 0 radical (unpaired) electrons. The van der Waals surface area contributed by atoms with Crippen molar-refractivity contribution >= 4 is 52.1 Å². The maximum absolute atomic E-state index is 12.5. The fourth-order valence-electron chi connectivity index (χ4n) is 3.31. The molecule has 4 heterocycles. The highest BCUT2D eigenvalue weighted by Gasteiger charge is 2.17. The van der Waals surface area contributed by atoms with Crippen molar-refractivity contribution in [3.63, 3.8) is 0 Å². The zero-order valence-corrected chi connectivity index (χ0v) is 17.5. The number of aryl methyl sites for hydroxylation is 1. The van der Waals surface area contributed by atoms with Crippen LogP contribution in [0.3, 0.4) is 0 Å². The van der Waals surface area contributed by atoms with Crippen molar-refractivity contribution in [1.29, 1.82) is 0 Å². The molecule has 0 spiro atoms. The summed E-state index contributed by atoms with van der Waals surface area (Å²) in [5.41, 5.74) is 1.24. The lowest BCUT2D eigenvalue weighted by Gasteiger charge is -2.12. The van der Waals surface area contributed by atoms with E-state index in [1.54, 1.807) is 17.4 Å². The van der Waals surface area contributed by atoms with Crippen molar-refractivity contribution in [2.45, 2.75) is 19.4 Å². The van der Waals surface area contributed by atoms with Gasteiger partial charge in [-0.25, -0.2) is 9.78 Å². The quantitative estimate of drug-likeness (QED) is 0.487. The number of hydrogen-bond donors (Lipinski definition) is 1. The first kappa shape index (κ1) is 20.7. The molecule has 0 amide bonds. The van der Waals surface area contributed by atoms with Gasteiger partial charge in [-0.05, 0) is 38.1 Å². The second-order valence-electron chi connectivity index (χ2n) is 6.54. The van der Waals surface area contributed by atoms with E-state index in [1.807, 2.05) is 41.9 Å². The summed E-state index contributed by atoms with van der Waals surface area (Å²) in [5.74, 6) is 0.722. The van der Waals surface area contributed by atoms with Gasteiger partial charge in [0.05, 0.1) is 11.3 Å². The molecular weight excluding hydrogens is 421 g/mol. The summed E-state index contributed by atoms with van der Waals surface area (Å²) in [6.07, 6.45) is 5.01. The summed E-state index contributed by atoms with van der Waals surface area (Å²) < 4.78 is 13.4. The van der Waals surface area contributed by atoms with Crippen LogP contribution in [0.2, 0.25) is 0 Å². The predicted molar refractivity (Wildman–Crippen MR) is 116 cm³/mol. The predicted octanol–water partition coefficient (Wildman–Crippen LogP) is 4.06. The molecule has 1 aliphatic heterocycles. The van der Waals surface area contributed by atoms with Gasteiger partial charge in [0.2, 0.25) is 0 Å². The maximum atomic E-state index is 12.5. The first-order valence-corrected chi connectivity index (χ1v) is 9.38. The van der Waals surface area contributed by atoms with Crippen LogP contribution in [-0.2, 0) is 0 Å². The van der Waals surface area contributed by atoms with E-state index in [0.717, 1.165) is 35.6 Å². The maximum Gasteiger partial charge on any atom is 0.345 e. The Morgan fingerprint density at radius 3 is 2.89 bits per heavy atom. The van der Waals surface area contributed by atoms with E-state index < -0.39 is 0 Å². The zero-order chi connectivity index (χ0) is 17.7. The minimum absolute atomic E-state index is 0. The number of ether oxygens (including phenoxy) is 1. The number of nitrogens with zero attached hydrogens (tertiary/aromatic N) is 2. The topological polar surface area (TPSA) is 68.8 Å². The van der Waals surface area contributed by atoms with Gasteiger partial charge in [0.25, 0.3) is 0 Å². The van der Waals surface area contributed by atoms with Gasteiger partial charge in [-0.15, -0.1) is 36.2 Å². The molecule has 1 atom stereocenters. The summed E-state index contributed by atoms with van der Waals surface area (Å²) in [7, 11) is 0. The van der Waals surface area contributed by atoms with E-state index in [0.29, 0.717) is 16.8 Å². The molecule has 6 nitrogen and oxygen atoms in total. The van der Waals surface area contributed by atoms with Crippen LogP contribution in [-0.4, -0.2) is 28.6 Å². The van der Waals surface area contributed by atoms with Crippen molar-refractivity contribution in [1.82, 2.24) is 14.7 Å². The van der Waals surface area contributed by atoms with Crippen LogP contribution in [0.25, 0.3) is 27.2 Å². The molecule has 0 saturated carbocycles. The largest absolute Gasteiger partial charge is 0.489 e. The molecule has 1 saturated heterocycles. The highest BCUT2D eigenvalue weighted by molar-refractivity contribution is 7.17. The molecule has 1 N–H and O–H groups in total. The Hall–Kier alpha value is -2.06. The van der Waals surface area contributed by atoms with E-state index in [4.69, 9.17) is 9.15 Å². The number of halogens is 2. The normalized spacial score (nSPS) is 16.1. The number of imidazole rings is 1. The number of aromatic nitrogens is 2. The molecule has 0 unspecified atom stereocenters. The van der Waals surface area contributed by atoms with Crippen LogP contribution >= 0.6 is 36.2 Å². The molecule has 9 heteroatoms. The Morgan fingerprint density at radius 1 is 1.29 bits per heavy atom. The SMILES string of the molecule is Cc1cn2cc(-c3cc4ccc(O[C@@H]5CCNC5)cc4oc3=O)nc2s1.Cl.Cl. The summed E-state index contributed by atoms with van der Waals surface area (Å²) in [6.45, 7) is 3.85. The summed E-state index contributed by atoms with van der Waals surface area (Å²) >= 11 is 1.59. The first-order chi connectivity index (χ1) is 12.7. The van der Waals surface area contributed by atoms with Crippen molar-refractivity contribution in [2.75, 3.05) is 13.1 Å². The molecule has 0 aliphatic carbocycles. The second-order valence-corrected chi connectivity index (χ2v) is 7.75. The third kappa shape index (κ3) is 3.75. The molecule has 148 valence electrons. The fourth-order valence-corrected chi connectivity index (χ4v) is 4.11. The smallest absolute Gasteiger partial charge is 0.345 e. The highest BCUT2D eigenvalue weighted by atomic mass is 35.5. The number of thiazole rings is 1. The Morgan fingerprint density at radius 2 is 2.14 bits per heavy atom. The van der Waals surface area contributed by atoms with Crippen LogP contribution in [0.15, 0.2) is 45.9 Å². The molecule has 1 aliphatic rings. The number of hydrogen-bond acceptors (Lipinski definition) is 6. The van der Waals surface area contributed by atoms with Gasteiger partial charge in [0, 0.05) is 35.3 Å². The van der Waals surface area contributed by atoms with Gasteiger partial charge in [-0.2, -0.15) is 0 Å². The van der Waals surface area contributed by atoms with Gasteiger partial charge in [0.15, 0.2) is 4.96 Å². The number of benzene rings is 1. The van der Waals surface area contributed by atoms with E-state index in [9.17, 15) is 4.79 Å². The zero-order valence-electron chi connectivity index (χ0n) is 15.0. The van der Waals surface area contributed by atoms with E-state index in [2.05, 4.69) is 10.3 Å². The Balaban J connectivity index is 0.00000112. The highest BCUT2D eigenvalue weighted by Crippen LogP contribution is 2.26. The molecule has 1 fully saturated rings. The third-order valence-corrected chi connectivity index (χ3v) is 5.48. The van der Waals surface area contributed by atoms with E-state index in [-0.39, 0.29) is 36.5 Å². The van der Waals surface area contributed by atoms with Gasteiger partial charge < -0.3 is 14.5 Å². The molecule has 1 aromatic carbocycles. The monoisotopic (exact) mass is 439 g/mol. The lowest BCUT2D eigenvalue weighted by molar-refractivity contribution is 0.223. The van der Waals surface area contributed by atoms with Crippen LogP contribution < -0.4 is 15.7 Å². The molecule has 0 bridgehead atoms. The Kier molecular flexibility index (Phi) is 6.00. The fraction of sp³-hybridized carbons (Fsp3) is 0.263. The number of rotatable bonds is 3. The summed E-state index contributed by atoms with van der Waals surface area (Å²) in [4.78, 5) is 19.1. The van der Waals surface area contributed by atoms with Crippen LogP contribution in [0.5, 0.6) is 5.75 Å². The third-order valence-electron chi connectivity index (χ3n) is 4.57. The standard InChI is InChI=1S/C19H17N3O3S.2ClH/c1-11-9-22-10-16(21-19(22)26-11)15-6-12-2-3-13(7-17(12)25-18(15)23)24-14-4-5-20-8-14;;/h2-3,6-7,9-10,14,20H,4-5,8H2,1H3;2*1H/t14-;;/m1../s1. The molecule has 28 heavy (non-hydrogen) atoms. The van der Waals surface area contributed by atoms with Crippen LogP contribution in [0, 0.1) is 6.92 Å². The van der Waals surface area contributed by atoms with Crippen molar-refractivity contribution < 1.29 is 9.15 Å². The van der Waals surface area contributed by atoms with E-state index in [1.165, 1.54) is 4.88 Å². The first-order valence-electron chi connectivity index (χ1n) is 8.56. The minimum Gasteiger partial charge on any atom is -0.489 e. The lowest BCUT2D eigenvalue weighted by Crippen LogP contribution is -2.19. The lowest BCUT2D eigenvalue weighted by atomic mass is 10.1. The number of fused-ring (bicyclic) bond motifs is 2. The summed E-state index contributed by atoms with van der Waals surface area (Å²) in [5, 5.41) is 4.12. The van der Waals surface area contributed by atoms with E-state index >= 15 is 0 Å². The van der Waals surface area contributed by atoms with Gasteiger partial charge in [0.1, 0.15) is 17.4 Å². The average Bonchev–Trinajstić information content (AvgIpc) is 3.30. The second kappa shape index (κ2) is 8.13. The molecule has 3 aromatic heterocycles.